The molecule has 80 valence electrons. The van der Waals surface area contributed by atoms with Crippen LogP contribution in [0, 0.1) is 5.92 Å². The molecule has 0 aromatic heterocycles. The van der Waals surface area contributed by atoms with Crippen molar-refractivity contribution in [2.24, 2.45) is 11.7 Å². The molecule has 0 rings (SSSR count). The lowest BCUT2D eigenvalue weighted by Gasteiger charge is -2.13. The number of nitrogens with zero attached hydrogens (tertiary/aromatic N) is 1. The fraction of sp³-hybridized carbons (Fsp3) is 0.900. The lowest BCUT2D eigenvalue weighted by Crippen LogP contribution is -2.21. The summed E-state index contributed by atoms with van der Waals surface area (Å²) >= 11 is 0. The molecule has 0 heterocycles. The lowest BCUT2D eigenvalue weighted by atomic mass is 10.2. The van der Waals surface area contributed by atoms with Gasteiger partial charge in [-0.1, -0.05) is 34.6 Å². The van der Waals surface area contributed by atoms with Crippen molar-refractivity contribution >= 4 is 5.91 Å². The van der Waals surface area contributed by atoms with Gasteiger partial charge in [-0.05, 0) is 19.6 Å². The van der Waals surface area contributed by atoms with Crippen LogP contribution in [0.5, 0.6) is 0 Å². The number of hydrogen-bond donors (Lipinski definition) is 1. The van der Waals surface area contributed by atoms with Gasteiger partial charge in [-0.2, -0.15) is 0 Å². The van der Waals surface area contributed by atoms with Crippen LogP contribution >= 0.6 is 0 Å². The van der Waals surface area contributed by atoms with Crippen molar-refractivity contribution in [3.05, 3.63) is 0 Å². The highest BCUT2D eigenvalue weighted by atomic mass is 16.1. The molecule has 0 saturated heterocycles. The Morgan fingerprint density at radius 1 is 1.15 bits per heavy atom. The Kier molecular flexibility index (Phi) is 10.9. The molecular formula is C10H24N2O. The Balaban J connectivity index is 0. The molecule has 0 unspecified atom stereocenters. The van der Waals surface area contributed by atoms with E-state index in [9.17, 15) is 4.79 Å². The Labute approximate surface area is 82.3 Å². The zero-order chi connectivity index (χ0) is 10.9. The quantitative estimate of drug-likeness (QED) is 0.726. The number of primary amides is 1. The third-order valence-electron chi connectivity index (χ3n) is 1.91. The summed E-state index contributed by atoms with van der Waals surface area (Å²) in [5.74, 6) is -0.250. The SMILES string of the molecule is CC(C)C(N)=O.CCN(CC)CC. The maximum atomic E-state index is 9.92. The minimum atomic E-state index is -0.241. The molecular weight excluding hydrogens is 164 g/mol. The monoisotopic (exact) mass is 188 g/mol. The van der Waals surface area contributed by atoms with Gasteiger partial charge in [-0.25, -0.2) is 0 Å². The fourth-order valence-corrected chi connectivity index (χ4v) is 0.671. The highest BCUT2D eigenvalue weighted by Gasteiger charge is 1.96. The summed E-state index contributed by atoms with van der Waals surface area (Å²) in [6, 6.07) is 0. The predicted octanol–water partition coefficient (Wildman–Crippen LogP) is 1.48. The van der Waals surface area contributed by atoms with Gasteiger partial charge in [-0.15, -0.1) is 0 Å². The van der Waals surface area contributed by atoms with Gasteiger partial charge < -0.3 is 10.6 Å². The molecule has 2 N–H and O–H groups in total. The molecule has 13 heavy (non-hydrogen) atoms. The molecule has 3 heteroatoms. The fourth-order valence-electron chi connectivity index (χ4n) is 0.671. The Morgan fingerprint density at radius 3 is 1.38 bits per heavy atom. The maximum absolute atomic E-state index is 9.92. The van der Waals surface area contributed by atoms with E-state index in [2.05, 4.69) is 25.7 Å². The smallest absolute Gasteiger partial charge is 0.219 e. The zero-order valence-corrected chi connectivity index (χ0v) is 9.63. The largest absolute Gasteiger partial charge is 0.369 e. The second-order valence-electron chi connectivity index (χ2n) is 3.18. The van der Waals surface area contributed by atoms with Gasteiger partial charge in [0.1, 0.15) is 0 Å². The number of hydrogen-bond acceptors (Lipinski definition) is 2. The van der Waals surface area contributed by atoms with Crippen LogP contribution in [0.1, 0.15) is 34.6 Å². The zero-order valence-electron chi connectivity index (χ0n) is 9.63. The number of amides is 1. The maximum Gasteiger partial charge on any atom is 0.219 e. The van der Waals surface area contributed by atoms with Crippen LogP contribution in [0.3, 0.4) is 0 Å². The average molecular weight is 188 g/mol. The van der Waals surface area contributed by atoms with E-state index >= 15 is 0 Å². The summed E-state index contributed by atoms with van der Waals surface area (Å²) in [7, 11) is 0. The molecule has 3 nitrogen and oxygen atoms in total. The second-order valence-corrected chi connectivity index (χ2v) is 3.18. The third kappa shape index (κ3) is 11.4. The van der Waals surface area contributed by atoms with Crippen LogP contribution < -0.4 is 5.73 Å². The highest BCUT2D eigenvalue weighted by molar-refractivity contribution is 5.75. The Morgan fingerprint density at radius 2 is 1.38 bits per heavy atom. The summed E-state index contributed by atoms with van der Waals surface area (Å²) in [6.45, 7) is 13.7. The highest BCUT2D eigenvalue weighted by Crippen LogP contribution is 1.84. The molecule has 0 aromatic rings. The molecule has 0 aliphatic rings. The lowest BCUT2D eigenvalue weighted by molar-refractivity contribution is -0.120. The molecule has 0 aliphatic heterocycles. The number of rotatable bonds is 4. The molecule has 0 aliphatic carbocycles. The van der Waals surface area contributed by atoms with Crippen molar-refractivity contribution in [1.82, 2.24) is 4.90 Å². The molecule has 0 atom stereocenters. The van der Waals surface area contributed by atoms with Crippen molar-refractivity contribution in [3.63, 3.8) is 0 Å². The topological polar surface area (TPSA) is 46.3 Å². The summed E-state index contributed by atoms with van der Waals surface area (Å²) < 4.78 is 0. The van der Waals surface area contributed by atoms with Crippen LogP contribution in [0.25, 0.3) is 0 Å². The number of nitrogens with two attached hydrogens (primary N) is 1. The van der Waals surface area contributed by atoms with Gasteiger partial charge in [0.05, 0.1) is 0 Å². The molecule has 0 radical (unpaired) electrons. The molecule has 1 amide bonds. The molecule has 0 aromatic carbocycles. The Hall–Kier alpha value is -0.570. The van der Waals surface area contributed by atoms with Gasteiger partial charge in [0.2, 0.25) is 5.91 Å². The van der Waals surface area contributed by atoms with E-state index in [0.717, 1.165) is 0 Å². The van der Waals surface area contributed by atoms with Crippen LogP contribution in [-0.2, 0) is 4.79 Å². The van der Waals surface area contributed by atoms with Gasteiger partial charge >= 0.3 is 0 Å². The van der Waals surface area contributed by atoms with Crippen LogP contribution in [-0.4, -0.2) is 30.4 Å². The molecule has 0 fully saturated rings. The van der Waals surface area contributed by atoms with Gasteiger partial charge in [-0.3, -0.25) is 4.79 Å². The number of carbonyl (C=O) groups is 1. The van der Waals surface area contributed by atoms with Crippen LogP contribution in [0.2, 0.25) is 0 Å². The van der Waals surface area contributed by atoms with Gasteiger partial charge in [0, 0.05) is 5.92 Å². The summed E-state index contributed by atoms with van der Waals surface area (Å²) in [4.78, 5) is 12.3. The van der Waals surface area contributed by atoms with E-state index in [1.165, 1.54) is 19.6 Å². The normalized spacial score (nSPS) is 9.77. The molecule has 0 saturated carbocycles. The Bertz CT molecular complexity index is 115. The second kappa shape index (κ2) is 9.52. The van der Waals surface area contributed by atoms with E-state index in [1.54, 1.807) is 13.8 Å². The van der Waals surface area contributed by atoms with E-state index in [1.807, 2.05) is 0 Å². The van der Waals surface area contributed by atoms with Crippen molar-refractivity contribution < 1.29 is 4.79 Å². The van der Waals surface area contributed by atoms with Crippen LogP contribution in [0.15, 0.2) is 0 Å². The molecule has 0 bridgehead atoms. The predicted molar refractivity (Wildman–Crippen MR) is 57.5 cm³/mol. The average Bonchev–Trinajstić information content (AvgIpc) is 2.08. The third-order valence-corrected chi connectivity index (χ3v) is 1.91. The van der Waals surface area contributed by atoms with E-state index in [0.29, 0.717) is 0 Å². The first kappa shape index (κ1) is 14.9. The van der Waals surface area contributed by atoms with E-state index in [-0.39, 0.29) is 11.8 Å². The van der Waals surface area contributed by atoms with Crippen molar-refractivity contribution in [2.75, 3.05) is 19.6 Å². The van der Waals surface area contributed by atoms with Crippen molar-refractivity contribution in [3.8, 4) is 0 Å². The van der Waals surface area contributed by atoms with Gasteiger partial charge in [0.15, 0.2) is 0 Å². The summed E-state index contributed by atoms with van der Waals surface area (Å²) in [6.07, 6.45) is 0. The summed E-state index contributed by atoms with van der Waals surface area (Å²) in [5.41, 5.74) is 4.80. The first-order valence-corrected chi connectivity index (χ1v) is 5.01. The molecule has 0 spiro atoms. The summed E-state index contributed by atoms with van der Waals surface area (Å²) in [5, 5.41) is 0. The minimum absolute atomic E-state index is 0.00926. The first-order chi connectivity index (χ1) is 5.99. The minimum Gasteiger partial charge on any atom is -0.369 e. The number of carbonyl (C=O) groups excluding carboxylic acids is 1. The van der Waals surface area contributed by atoms with Crippen molar-refractivity contribution in [2.45, 2.75) is 34.6 Å². The van der Waals surface area contributed by atoms with Gasteiger partial charge in [0.25, 0.3) is 0 Å². The van der Waals surface area contributed by atoms with Crippen LogP contribution in [0.4, 0.5) is 0 Å². The van der Waals surface area contributed by atoms with E-state index in [4.69, 9.17) is 5.73 Å². The first-order valence-electron chi connectivity index (χ1n) is 5.01. The van der Waals surface area contributed by atoms with Crippen molar-refractivity contribution in [1.29, 1.82) is 0 Å². The van der Waals surface area contributed by atoms with E-state index < -0.39 is 0 Å². The standard InChI is InChI=1S/C6H15N.C4H9NO/c1-4-7(5-2)6-3;1-3(2)4(5)6/h4-6H2,1-3H3;3H,1-2H3,(H2,5,6).